The zero-order chi connectivity index (χ0) is 12.3. The molecule has 94 valence electrons. The van der Waals surface area contributed by atoms with Gasteiger partial charge in [-0.2, -0.15) is 0 Å². The van der Waals surface area contributed by atoms with E-state index in [1.165, 1.54) is 0 Å². The number of hydrogen-bond acceptors (Lipinski definition) is 3. The Hall–Kier alpha value is -0.770. The molecule has 3 nitrogen and oxygen atoms in total. The Morgan fingerprint density at radius 1 is 1.41 bits per heavy atom. The molecule has 17 heavy (non-hydrogen) atoms. The van der Waals surface area contributed by atoms with Crippen molar-refractivity contribution in [3.05, 3.63) is 28.8 Å². The standard InChI is InChI=1S/C13H18ClNO2/c1-15(11-4-6-17-7-5-11)13-3-2-10(9-16)8-12(13)14/h2-3,8,11,16H,4-7,9H2,1H3. The second-order valence-corrected chi connectivity index (χ2v) is 4.81. The number of aliphatic hydroxyl groups is 1. The van der Waals surface area contributed by atoms with Crippen molar-refractivity contribution in [3.63, 3.8) is 0 Å². The van der Waals surface area contributed by atoms with Gasteiger partial charge >= 0.3 is 0 Å². The van der Waals surface area contributed by atoms with Gasteiger partial charge in [0.25, 0.3) is 0 Å². The highest BCUT2D eigenvalue weighted by Gasteiger charge is 2.20. The molecule has 1 aliphatic rings. The van der Waals surface area contributed by atoms with E-state index in [0.717, 1.165) is 37.3 Å². The molecule has 0 unspecified atom stereocenters. The van der Waals surface area contributed by atoms with Gasteiger partial charge in [-0.05, 0) is 30.5 Å². The molecular formula is C13H18ClNO2. The molecule has 1 aliphatic heterocycles. The highest BCUT2D eigenvalue weighted by atomic mass is 35.5. The molecular weight excluding hydrogens is 238 g/mol. The summed E-state index contributed by atoms with van der Waals surface area (Å²) in [6, 6.07) is 6.20. The molecule has 0 spiro atoms. The second kappa shape index (κ2) is 5.71. The molecule has 0 aliphatic carbocycles. The van der Waals surface area contributed by atoms with Crippen LogP contribution >= 0.6 is 11.6 Å². The Labute approximate surface area is 107 Å². The van der Waals surface area contributed by atoms with Crippen molar-refractivity contribution in [2.75, 3.05) is 25.2 Å². The van der Waals surface area contributed by atoms with Gasteiger partial charge in [0.2, 0.25) is 0 Å². The summed E-state index contributed by atoms with van der Waals surface area (Å²) in [5.41, 5.74) is 1.87. The fourth-order valence-corrected chi connectivity index (χ4v) is 2.54. The zero-order valence-corrected chi connectivity index (χ0v) is 10.8. The molecule has 4 heteroatoms. The van der Waals surface area contributed by atoms with Gasteiger partial charge in [-0.3, -0.25) is 0 Å². The number of rotatable bonds is 3. The maximum atomic E-state index is 9.05. The van der Waals surface area contributed by atoms with Crippen LogP contribution in [-0.2, 0) is 11.3 Å². The fourth-order valence-electron chi connectivity index (χ4n) is 2.20. The molecule has 0 saturated carbocycles. The van der Waals surface area contributed by atoms with Crippen molar-refractivity contribution in [2.24, 2.45) is 0 Å². The monoisotopic (exact) mass is 255 g/mol. The number of ether oxygens (including phenoxy) is 1. The van der Waals surface area contributed by atoms with Crippen LogP contribution in [0.25, 0.3) is 0 Å². The van der Waals surface area contributed by atoms with Gasteiger partial charge in [-0.25, -0.2) is 0 Å². The van der Waals surface area contributed by atoms with Crippen LogP contribution in [0.2, 0.25) is 5.02 Å². The Morgan fingerprint density at radius 3 is 2.71 bits per heavy atom. The lowest BCUT2D eigenvalue weighted by molar-refractivity contribution is 0.0855. The first-order valence-electron chi connectivity index (χ1n) is 5.92. The summed E-state index contributed by atoms with van der Waals surface area (Å²) in [6.45, 7) is 1.67. The highest BCUT2D eigenvalue weighted by Crippen LogP contribution is 2.29. The van der Waals surface area contributed by atoms with Gasteiger partial charge in [0.05, 0.1) is 17.3 Å². The van der Waals surface area contributed by atoms with Crippen LogP contribution in [0.5, 0.6) is 0 Å². The second-order valence-electron chi connectivity index (χ2n) is 4.40. The van der Waals surface area contributed by atoms with E-state index in [0.29, 0.717) is 11.1 Å². The number of benzene rings is 1. The number of aliphatic hydroxyl groups excluding tert-OH is 1. The van der Waals surface area contributed by atoms with Gasteiger partial charge in [-0.15, -0.1) is 0 Å². The molecule has 1 heterocycles. The lowest BCUT2D eigenvalue weighted by atomic mass is 10.1. The van der Waals surface area contributed by atoms with Crippen LogP contribution in [0.15, 0.2) is 18.2 Å². The first-order valence-corrected chi connectivity index (χ1v) is 6.30. The van der Waals surface area contributed by atoms with E-state index < -0.39 is 0 Å². The molecule has 1 fully saturated rings. The Balaban J connectivity index is 2.15. The SMILES string of the molecule is CN(c1ccc(CO)cc1Cl)C1CCOCC1. The van der Waals surface area contributed by atoms with Crippen molar-refractivity contribution < 1.29 is 9.84 Å². The molecule has 0 radical (unpaired) electrons. The summed E-state index contributed by atoms with van der Waals surface area (Å²) >= 11 is 6.24. The third-order valence-corrected chi connectivity index (χ3v) is 3.62. The van der Waals surface area contributed by atoms with Crippen LogP contribution < -0.4 is 4.90 Å². The smallest absolute Gasteiger partial charge is 0.0682 e. The average molecular weight is 256 g/mol. The third-order valence-electron chi connectivity index (χ3n) is 3.31. The van der Waals surface area contributed by atoms with Crippen LogP contribution in [-0.4, -0.2) is 31.4 Å². The number of anilines is 1. The van der Waals surface area contributed by atoms with E-state index in [1.54, 1.807) is 0 Å². The normalized spacial score (nSPS) is 17.1. The van der Waals surface area contributed by atoms with E-state index in [4.69, 9.17) is 21.4 Å². The third kappa shape index (κ3) is 2.92. The number of halogens is 1. The van der Waals surface area contributed by atoms with Crippen LogP contribution in [0.4, 0.5) is 5.69 Å². The van der Waals surface area contributed by atoms with Crippen LogP contribution in [0, 0.1) is 0 Å². The molecule has 1 N–H and O–H groups in total. The van der Waals surface area contributed by atoms with E-state index >= 15 is 0 Å². The molecule has 1 aromatic carbocycles. The lowest BCUT2D eigenvalue weighted by Crippen LogP contribution is -2.36. The van der Waals surface area contributed by atoms with E-state index in [2.05, 4.69) is 11.9 Å². The van der Waals surface area contributed by atoms with Crippen molar-refractivity contribution in [1.29, 1.82) is 0 Å². The van der Waals surface area contributed by atoms with Crippen molar-refractivity contribution >= 4 is 17.3 Å². The Bertz CT molecular complexity index is 378. The summed E-state index contributed by atoms with van der Waals surface area (Å²) in [4.78, 5) is 2.21. The quantitative estimate of drug-likeness (QED) is 0.901. The topological polar surface area (TPSA) is 32.7 Å². The van der Waals surface area contributed by atoms with Gasteiger partial charge in [0, 0.05) is 26.3 Å². The summed E-state index contributed by atoms with van der Waals surface area (Å²) in [6.07, 6.45) is 2.07. The molecule has 0 amide bonds. The van der Waals surface area contributed by atoms with E-state index in [1.807, 2.05) is 18.2 Å². The largest absolute Gasteiger partial charge is 0.392 e. The Morgan fingerprint density at radius 2 is 2.12 bits per heavy atom. The number of nitrogens with zero attached hydrogens (tertiary/aromatic N) is 1. The fraction of sp³-hybridized carbons (Fsp3) is 0.538. The van der Waals surface area contributed by atoms with Gasteiger partial charge in [0.1, 0.15) is 0 Å². The molecule has 2 rings (SSSR count). The van der Waals surface area contributed by atoms with Gasteiger partial charge < -0.3 is 14.7 Å². The van der Waals surface area contributed by atoms with Crippen LogP contribution in [0.3, 0.4) is 0 Å². The van der Waals surface area contributed by atoms with Crippen molar-refractivity contribution in [2.45, 2.75) is 25.5 Å². The minimum atomic E-state index is 0.0288. The van der Waals surface area contributed by atoms with Crippen molar-refractivity contribution in [1.82, 2.24) is 0 Å². The van der Waals surface area contributed by atoms with Gasteiger partial charge in [0.15, 0.2) is 0 Å². The Kier molecular flexibility index (Phi) is 4.26. The van der Waals surface area contributed by atoms with E-state index in [9.17, 15) is 0 Å². The molecule has 1 saturated heterocycles. The minimum Gasteiger partial charge on any atom is -0.392 e. The predicted molar refractivity (Wildman–Crippen MR) is 69.6 cm³/mol. The van der Waals surface area contributed by atoms with Crippen LogP contribution in [0.1, 0.15) is 18.4 Å². The predicted octanol–water partition coefficient (Wildman–Crippen LogP) is 2.45. The first kappa shape index (κ1) is 12.7. The highest BCUT2D eigenvalue weighted by molar-refractivity contribution is 6.33. The molecule has 1 aromatic rings. The molecule has 0 atom stereocenters. The first-order chi connectivity index (χ1) is 8.22. The molecule has 0 aromatic heterocycles. The lowest BCUT2D eigenvalue weighted by Gasteiger charge is -2.33. The summed E-state index contributed by atoms with van der Waals surface area (Å²) < 4.78 is 5.36. The maximum Gasteiger partial charge on any atom is 0.0682 e. The summed E-state index contributed by atoms with van der Waals surface area (Å²) in [5, 5.41) is 9.75. The zero-order valence-electron chi connectivity index (χ0n) is 10.0. The maximum absolute atomic E-state index is 9.05. The molecule has 0 bridgehead atoms. The van der Waals surface area contributed by atoms with Crippen molar-refractivity contribution in [3.8, 4) is 0 Å². The summed E-state index contributed by atoms with van der Waals surface area (Å²) in [7, 11) is 2.07. The average Bonchev–Trinajstić information content (AvgIpc) is 2.39. The van der Waals surface area contributed by atoms with E-state index in [-0.39, 0.29) is 6.61 Å². The van der Waals surface area contributed by atoms with Gasteiger partial charge in [-0.1, -0.05) is 17.7 Å². The summed E-state index contributed by atoms with van der Waals surface area (Å²) in [5.74, 6) is 0. The number of hydrogen-bond donors (Lipinski definition) is 1. The minimum absolute atomic E-state index is 0.0288.